The Morgan fingerprint density at radius 1 is 1.33 bits per heavy atom. The van der Waals surface area contributed by atoms with Crippen molar-refractivity contribution in [3.05, 3.63) is 29.8 Å². The van der Waals surface area contributed by atoms with Gasteiger partial charge < -0.3 is 15.7 Å². The molecule has 5 nitrogen and oxygen atoms in total. The second-order valence-electron chi connectivity index (χ2n) is 4.40. The average molecular weight is 305 g/mol. The molecule has 0 saturated carbocycles. The van der Waals surface area contributed by atoms with Crippen LogP contribution >= 0.6 is 0 Å². The minimum Gasteiger partial charge on any atom is -0.409 e. The van der Waals surface area contributed by atoms with Crippen LogP contribution in [0.1, 0.15) is 18.9 Å². The molecular weight excluding hydrogens is 287 g/mol. The van der Waals surface area contributed by atoms with E-state index in [9.17, 15) is 13.2 Å². The Labute approximate surface area is 120 Å². The van der Waals surface area contributed by atoms with E-state index in [4.69, 9.17) is 10.9 Å². The number of rotatable bonds is 7. The van der Waals surface area contributed by atoms with Crippen molar-refractivity contribution in [2.45, 2.75) is 26.3 Å². The van der Waals surface area contributed by atoms with Crippen molar-refractivity contribution < 1.29 is 23.1 Å². The van der Waals surface area contributed by atoms with E-state index in [1.54, 1.807) is 12.1 Å². The molecular formula is C13H18F3N3O2. The Morgan fingerprint density at radius 3 is 2.43 bits per heavy atom. The highest BCUT2D eigenvalue weighted by molar-refractivity contribution is 5.79. The highest BCUT2D eigenvalue weighted by atomic mass is 19.4. The van der Waals surface area contributed by atoms with E-state index in [-0.39, 0.29) is 11.6 Å². The molecule has 1 rings (SSSR count). The van der Waals surface area contributed by atoms with Gasteiger partial charge in [0.1, 0.15) is 11.6 Å². The van der Waals surface area contributed by atoms with Gasteiger partial charge in [0.2, 0.25) is 0 Å². The lowest BCUT2D eigenvalue weighted by molar-refractivity contribution is -0.274. The normalized spacial score (nSPS) is 12.7. The monoisotopic (exact) mass is 305 g/mol. The first-order valence-electron chi connectivity index (χ1n) is 6.37. The van der Waals surface area contributed by atoms with E-state index in [2.05, 4.69) is 9.89 Å². The molecule has 0 bridgehead atoms. The van der Waals surface area contributed by atoms with Gasteiger partial charge in [-0.2, -0.15) is 0 Å². The molecule has 0 atom stereocenters. The summed E-state index contributed by atoms with van der Waals surface area (Å²) in [5, 5.41) is 11.4. The summed E-state index contributed by atoms with van der Waals surface area (Å²) >= 11 is 0. The molecule has 0 aliphatic heterocycles. The summed E-state index contributed by atoms with van der Waals surface area (Å²) in [6, 6.07) is 5.71. The average Bonchev–Trinajstić information content (AvgIpc) is 2.43. The minimum absolute atomic E-state index is 0.141. The Bertz CT molecular complexity index is 461. The van der Waals surface area contributed by atoms with Crippen molar-refractivity contribution >= 4 is 5.84 Å². The largest absolute Gasteiger partial charge is 0.573 e. The number of alkyl halides is 3. The van der Waals surface area contributed by atoms with Crippen LogP contribution < -0.4 is 10.5 Å². The van der Waals surface area contributed by atoms with Gasteiger partial charge in [-0.1, -0.05) is 24.2 Å². The molecule has 1 aromatic rings. The van der Waals surface area contributed by atoms with Crippen LogP contribution in [-0.2, 0) is 6.54 Å². The third kappa shape index (κ3) is 6.84. The SMILES string of the molecule is CCN(CCC(N)=NO)Cc1ccc(OC(F)(F)F)cc1. The van der Waals surface area contributed by atoms with Crippen molar-refractivity contribution in [3.63, 3.8) is 0 Å². The number of hydrogen-bond acceptors (Lipinski definition) is 4. The molecule has 1 aromatic carbocycles. The van der Waals surface area contributed by atoms with E-state index in [1.165, 1.54) is 12.1 Å². The van der Waals surface area contributed by atoms with Gasteiger partial charge in [0.25, 0.3) is 0 Å². The standard InChI is InChI=1S/C13H18F3N3O2/c1-2-19(8-7-12(17)18-20)9-10-3-5-11(6-4-10)21-13(14,15)16/h3-6,20H,2,7-9H2,1H3,(H2,17,18). The smallest absolute Gasteiger partial charge is 0.409 e. The molecule has 0 aromatic heterocycles. The first-order chi connectivity index (χ1) is 9.84. The fourth-order valence-electron chi connectivity index (χ4n) is 1.73. The summed E-state index contributed by atoms with van der Waals surface area (Å²) in [6.07, 6.45) is -4.27. The zero-order valence-corrected chi connectivity index (χ0v) is 11.6. The van der Waals surface area contributed by atoms with Crippen LogP contribution in [0, 0.1) is 0 Å². The summed E-state index contributed by atoms with van der Waals surface area (Å²) in [5.41, 5.74) is 6.25. The van der Waals surface area contributed by atoms with Gasteiger partial charge in [-0.05, 0) is 24.2 Å². The van der Waals surface area contributed by atoms with E-state index in [0.29, 0.717) is 19.5 Å². The lowest BCUT2D eigenvalue weighted by Crippen LogP contribution is -2.27. The first kappa shape index (κ1) is 17.1. The predicted octanol–water partition coefficient (Wildman–Crippen LogP) is 2.54. The fraction of sp³-hybridized carbons (Fsp3) is 0.462. The van der Waals surface area contributed by atoms with E-state index in [0.717, 1.165) is 12.1 Å². The quantitative estimate of drug-likeness (QED) is 0.351. The number of nitrogens with two attached hydrogens (primary N) is 1. The lowest BCUT2D eigenvalue weighted by atomic mass is 10.2. The van der Waals surface area contributed by atoms with Gasteiger partial charge in [0, 0.05) is 19.5 Å². The number of amidine groups is 1. The van der Waals surface area contributed by atoms with E-state index < -0.39 is 6.36 Å². The van der Waals surface area contributed by atoms with Gasteiger partial charge in [-0.25, -0.2) is 0 Å². The predicted molar refractivity (Wildman–Crippen MR) is 72.1 cm³/mol. The van der Waals surface area contributed by atoms with Crippen LogP contribution in [0.15, 0.2) is 29.4 Å². The Balaban J connectivity index is 2.56. The maximum absolute atomic E-state index is 12.0. The summed E-state index contributed by atoms with van der Waals surface area (Å²) in [7, 11) is 0. The van der Waals surface area contributed by atoms with Gasteiger partial charge in [-0.3, -0.25) is 4.90 Å². The van der Waals surface area contributed by atoms with Crippen LogP contribution in [0.3, 0.4) is 0 Å². The molecule has 0 radical (unpaired) electrons. The maximum Gasteiger partial charge on any atom is 0.573 e. The van der Waals surface area contributed by atoms with Crippen molar-refractivity contribution in [2.75, 3.05) is 13.1 Å². The highest BCUT2D eigenvalue weighted by Gasteiger charge is 2.30. The first-order valence-corrected chi connectivity index (χ1v) is 6.37. The maximum atomic E-state index is 12.0. The van der Waals surface area contributed by atoms with Gasteiger partial charge in [0.05, 0.1) is 0 Å². The second kappa shape index (κ2) is 7.72. The fourth-order valence-corrected chi connectivity index (χ4v) is 1.73. The summed E-state index contributed by atoms with van der Waals surface area (Å²) < 4.78 is 39.9. The third-order valence-electron chi connectivity index (χ3n) is 2.82. The van der Waals surface area contributed by atoms with Crippen LogP contribution in [0.4, 0.5) is 13.2 Å². The van der Waals surface area contributed by atoms with Crippen LogP contribution in [0.2, 0.25) is 0 Å². The molecule has 0 aliphatic carbocycles. The highest BCUT2D eigenvalue weighted by Crippen LogP contribution is 2.23. The van der Waals surface area contributed by atoms with Crippen LogP contribution in [0.5, 0.6) is 5.75 Å². The zero-order valence-electron chi connectivity index (χ0n) is 11.6. The number of benzene rings is 1. The number of ether oxygens (including phenoxy) is 1. The number of hydrogen-bond donors (Lipinski definition) is 2. The van der Waals surface area contributed by atoms with Gasteiger partial charge in [0.15, 0.2) is 0 Å². The van der Waals surface area contributed by atoms with Crippen molar-refractivity contribution in [1.29, 1.82) is 0 Å². The molecule has 0 unspecified atom stereocenters. The second-order valence-corrected chi connectivity index (χ2v) is 4.40. The molecule has 118 valence electrons. The van der Waals surface area contributed by atoms with Gasteiger partial charge in [-0.15, -0.1) is 13.2 Å². The molecule has 0 heterocycles. The molecule has 3 N–H and O–H groups in total. The van der Waals surface area contributed by atoms with Crippen LogP contribution in [-0.4, -0.2) is 35.4 Å². The van der Waals surface area contributed by atoms with Crippen LogP contribution in [0.25, 0.3) is 0 Å². The molecule has 8 heteroatoms. The van der Waals surface area contributed by atoms with Gasteiger partial charge >= 0.3 is 6.36 Å². The van der Waals surface area contributed by atoms with Crippen molar-refractivity contribution in [1.82, 2.24) is 4.90 Å². The number of oxime groups is 1. The molecule has 0 amide bonds. The molecule has 0 aliphatic rings. The number of halogens is 3. The Kier molecular flexibility index (Phi) is 6.29. The Morgan fingerprint density at radius 2 is 1.95 bits per heavy atom. The summed E-state index contributed by atoms with van der Waals surface area (Å²) in [6.45, 7) is 3.83. The minimum atomic E-state index is -4.68. The lowest BCUT2D eigenvalue weighted by Gasteiger charge is -2.20. The molecule has 0 fully saturated rings. The zero-order chi connectivity index (χ0) is 15.9. The molecule has 21 heavy (non-hydrogen) atoms. The topological polar surface area (TPSA) is 71.1 Å². The molecule has 0 spiro atoms. The van der Waals surface area contributed by atoms with E-state index >= 15 is 0 Å². The Hall–Kier alpha value is -1.96. The third-order valence-corrected chi connectivity index (χ3v) is 2.82. The summed E-state index contributed by atoms with van der Waals surface area (Å²) in [5.74, 6) is -0.103. The van der Waals surface area contributed by atoms with E-state index in [1.807, 2.05) is 11.8 Å². The number of nitrogens with zero attached hydrogens (tertiary/aromatic N) is 2. The molecule has 0 saturated heterocycles. The van der Waals surface area contributed by atoms with Crippen molar-refractivity contribution in [2.24, 2.45) is 10.9 Å². The summed E-state index contributed by atoms with van der Waals surface area (Å²) in [4.78, 5) is 2.03. The van der Waals surface area contributed by atoms with Crippen molar-refractivity contribution in [3.8, 4) is 5.75 Å².